The van der Waals surface area contributed by atoms with Crippen molar-refractivity contribution in [2.75, 3.05) is 0 Å². The third-order valence-electron chi connectivity index (χ3n) is 6.27. The first-order valence-electron chi connectivity index (χ1n) is 14.9. The number of hydrogen-bond acceptors (Lipinski definition) is 1. The zero-order valence-electron chi connectivity index (χ0n) is 25.4. The van der Waals surface area contributed by atoms with Crippen molar-refractivity contribution in [1.82, 2.24) is 0 Å². The van der Waals surface area contributed by atoms with Gasteiger partial charge >= 0.3 is 0 Å². The summed E-state index contributed by atoms with van der Waals surface area (Å²) in [6.07, 6.45) is 0. The molecule has 0 N–H and O–H groups in total. The van der Waals surface area contributed by atoms with E-state index in [1.165, 1.54) is 39.2 Å². The summed E-state index contributed by atoms with van der Waals surface area (Å²) in [6.45, 7) is 8.00. The molecule has 0 saturated heterocycles. The maximum atomic E-state index is 2.29. The summed E-state index contributed by atoms with van der Waals surface area (Å²) in [5, 5.41) is 0. The third kappa shape index (κ3) is 10.2. The van der Waals surface area contributed by atoms with Crippen molar-refractivity contribution in [2.45, 2.75) is 81.7 Å². The second-order valence-corrected chi connectivity index (χ2v) is 14.1. The van der Waals surface area contributed by atoms with Crippen LogP contribution in [-0.4, -0.2) is 0 Å². The molecule has 0 radical (unpaired) electrons. The predicted molar refractivity (Wildman–Crippen MR) is 203 cm³/mol. The molecule has 0 aliphatic rings. The van der Waals surface area contributed by atoms with E-state index in [2.05, 4.69) is 170 Å². The van der Waals surface area contributed by atoms with Crippen LogP contribution in [0.25, 0.3) is 0 Å². The van der Waals surface area contributed by atoms with E-state index < -0.39 is 0 Å². The van der Waals surface area contributed by atoms with Crippen molar-refractivity contribution in [1.29, 1.82) is 0 Å². The van der Waals surface area contributed by atoms with E-state index in [4.69, 9.17) is 0 Å². The molecular weight excluding hydrogens is 601 g/mol. The van der Waals surface area contributed by atoms with E-state index in [1.54, 1.807) is 0 Å². The smallest absolute Gasteiger partial charge is 0.0901 e. The average Bonchev–Trinajstić information content (AvgIpc) is 3.10. The highest BCUT2D eigenvalue weighted by Crippen LogP contribution is 2.36. The summed E-state index contributed by atoms with van der Waals surface area (Å²) in [7, 11) is -0.245. The molecule has 0 fully saturated rings. The second kappa shape index (κ2) is 20.4. The predicted octanol–water partition coefficient (Wildman–Crippen LogP) is 13.4. The summed E-state index contributed by atoms with van der Waals surface area (Å²) in [4.78, 5) is 10.5. The van der Waals surface area contributed by atoms with Gasteiger partial charge in [-0.3, -0.25) is 0 Å². The van der Waals surface area contributed by atoms with Crippen LogP contribution in [0.15, 0.2) is 209 Å². The van der Waals surface area contributed by atoms with Crippen LogP contribution >= 0.6 is 11.8 Å². The van der Waals surface area contributed by atoms with Crippen LogP contribution in [-0.2, 0) is 21.8 Å². The Morgan fingerprint density at radius 1 is 0.289 bits per heavy atom. The Balaban J connectivity index is 0.00000113. The largest absolute Gasteiger partial charge is 0.166 e. The minimum absolute atomic E-state index is 0. The van der Waals surface area contributed by atoms with Crippen LogP contribution in [0.3, 0.4) is 0 Å². The Morgan fingerprint density at radius 3 is 0.711 bits per heavy atom. The molecule has 0 aliphatic heterocycles. The highest BCUT2D eigenvalue weighted by molar-refractivity contribution is 7.99. The van der Waals surface area contributed by atoms with E-state index in [1.807, 2.05) is 39.5 Å². The lowest BCUT2D eigenvalue weighted by Crippen LogP contribution is -2.04. The highest BCUT2D eigenvalue weighted by atomic mass is 32.2. The molecule has 0 amide bonds. The van der Waals surface area contributed by atoms with Gasteiger partial charge in [0.1, 0.15) is 0 Å². The first-order chi connectivity index (χ1) is 21.3. The van der Waals surface area contributed by atoms with E-state index >= 15 is 0 Å². The van der Waals surface area contributed by atoms with Gasteiger partial charge in [-0.05, 0) is 97.1 Å². The standard InChI is InChI=1S/C36H28S3.2C2H6.2CH4/c1-5-13-31(14-6-1)38(32-15-7-2-8-16-32)35-25-21-29(22-26-35)37-30-23-27-36(28-24-30)39(33-17-9-3-10-18-33)34-19-11-4-12-20-34;2*1-2;;/h1-28H;2*1-2H3;2*1H4/q+2;;;;. The molecule has 6 aromatic rings. The summed E-state index contributed by atoms with van der Waals surface area (Å²) in [5.41, 5.74) is 0. The molecule has 0 nitrogen and oxygen atoms in total. The molecular formula is C42H48S3+2. The van der Waals surface area contributed by atoms with Gasteiger partial charge in [0.25, 0.3) is 0 Å². The summed E-state index contributed by atoms with van der Waals surface area (Å²) in [6, 6.07) is 61.5. The van der Waals surface area contributed by atoms with E-state index in [9.17, 15) is 0 Å². The van der Waals surface area contributed by atoms with Gasteiger partial charge in [-0.2, -0.15) is 0 Å². The Kier molecular flexibility index (Phi) is 17.0. The van der Waals surface area contributed by atoms with Gasteiger partial charge in [0.2, 0.25) is 0 Å². The first kappa shape index (κ1) is 37.6. The van der Waals surface area contributed by atoms with Crippen LogP contribution < -0.4 is 0 Å². The molecule has 45 heavy (non-hydrogen) atoms. The Morgan fingerprint density at radius 2 is 0.489 bits per heavy atom. The molecule has 0 heterocycles. The van der Waals surface area contributed by atoms with Gasteiger partial charge < -0.3 is 0 Å². The van der Waals surface area contributed by atoms with Gasteiger partial charge in [0, 0.05) is 9.79 Å². The molecule has 0 spiro atoms. The minimum Gasteiger partial charge on any atom is -0.0901 e. The summed E-state index contributed by atoms with van der Waals surface area (Å²) < 4.78 is 0. The maximum absolute atomic E-state index is 2.29. The van der Waals surface area contributed by atoms with Crippen molar-refractivity contribution in [3.05, 3.63) is 170 Å². The van der Waals surface area contributed by atoms with E-state index in [0.29, 0.717) is 0 Å². The van der Waals surface area contributed by atoms with Gasteiger partial charge in [0.15, 0.2) is 29.4 Å². The van der Waals surface area contributed by atoms with Gasteiger partial charge in [-0.1, -0.05) is 127 Å². The highest BCUT2D eigenvalue weighted by Gasteiger charge is 2.29. The number of hydrogen-bond donors (Lipinski definition) is 0. The summed E-state index contributed by atoms with van der Waals surface area (Å²) in [5.74, 6) is 0. The quantitative estimate of drug-likeness (QED) is 0.148. The lowest BCUT2D eigenvalue weighted by Gasteiger charge is -2.10. The number of benzene rings is 6. The lowest BCUT2D eigenvalue weighted by atomic mass is 10.3. The molecule has 0 bridgehead atoms. The zero-order chi connectivity index (χ0) is 30.3. The SMILES string of the molecule is C.C.CC.CC.c1ccc([S+](c2ccccc2)c2ccc(Sc3ccc([S+](c4ccccc4)c4ccccc4)cc3)cc2)cc1. The van der Waals surface area contributed by atoms with Crippen molar-refractivity contribution in [3.63, 3.8) is 0 Å². The number of rotatable bonds is 8. The molecule has 0 saturated carbocycles. The topological polar surface area (TPSA) is 0 Å². The van der Waals surface area contributed by atoms with Gasteiger partial charge in [-0.25, -0.2) is 0 Å². The molecule has 0 unspecified atom stereocenters. The zero-order valence-corrected chi connectivity index (χ0v) is 27.8. The van der Waals surface area contributed by atoms with E-state index in [0.717, 1.165) is 0 Å². The van der Waals surface area contributed by atoms with Crippen molar-refractivity contribution < 1.29 is 0 Å². The molecule has 0 aromatic heterocycles. The molecule has 6 rings (SSSR count). The lowest BCUT2D eigenvalue weighted by molar-refractivity contribution is 1.27. The Hall–Kier alpha value is -3.63. The van der Waals surface area contributed by atoms with Crippen LogP contribution in [0, 0.1) is 0 Å². The third-order valence-corrected chi connectivity index (χ3v) is 11.7. The minimum atomic E-state index is -0.123. The second-order valence-electron chi connectivity index (χ2n) is 8.91. The fourth-order valence-corrected chi connectivity index (χ4v) is 9.45. The van der Waals surface area contributed by atoms with Crippen LogP contribution in [0.2, 0.25) is 0 Å². The van der Waals surface area contributed by atoms with Gasteiger partial charge in [-0.15, -0.1) is 0 Å². The van der Waals surface area contributed by atoms with E-state index in [-0.39, 0.29) is 36.6 Å². The van der Waals surface area contributed by atoms with Crippen LogP contribution in [0.5, 0.6) is 0 Å². The molecule has 0 aliphatic carbocycles. The monoisotopic (exact) mass is 648 g/mol. The average molecular weight is 649 g/mol. The normalized spacial score (nSPS) is 9.91. The van der Waals surface area contributed by atoms with Gasteiger partial charge in [0.05, 0.1) is 21.8 Å². The maximum Gasteiger partial charge on any atom is 0.166 e. The summed E-state index contributed by atoms with van der Waals surface area (Å²) >= 11 is 1.82. The molecule has 3 heteroatoms. The van der Waals surface area contributed by atoms with Crippen molar-refractivity contribution in [3.8, 4) is 0 Å². The first-order valence-corrected chi connectivity index (χ1v) is 18.2. The Bertz CT molecular complexity index is 1380. The van der Waals surface area contributed by atoms with Crippen molar-refractivity contribution >= 4 is 33.6 Å². The molecule has 6 aromatic carbocycles. The van der Waals surface area contributed by atoms with Crippen LogP contribution in [0.1, 0.15) is 42.5 Å². The molecule has 232 valence electrons. The fourth-order valence-electron chi connectivity index (χ4n) is 4.47. The Labute approximate surface area is 283 Å². The fraction of sp³-hybridized carbons (Fsp3) is 0.143. The van der Waals surface area contributed by atoms with Crippen molar-refractivity contribution in [2.24, 2.45) is 0 Å². The van der Waals surface area contributed by atoms with Crippen LogP contribution in [0.4, 0.5) is 0 Å². The molecule has 0 atom stereocenters.